The van der Waals surface area contributed by atoms with Gasteiger partial charge in [-0.1, -0.05) is 0 Å². The van der Waals surface area contributed by atoms with Gasteiger partial charge in [0.25, 0.3) is 0 Å². The highest BCUT2D eigenvalue weighted by Gasteiger charge is 2.18. The fraction of sp³-hybridized carbons (Fsp3) is 0.455. The zero-order valence-corrected chi connectivity index (χ0v) is 11.7. The van der Waals surface area contributed by atoms with E-state index < -0.39 is 24.7 Å². The number of rotatable bonds is 9. The van der Waals surface area contributed by atoms with Crippen molar-refractivity contribution in [1.29, 1.82) is 0 Å². The van der Waals surface area contributed by atoms with Crippen LogP contribution in [-0.2, 0) is 9.59 Å². The first-order valence-corrected chi connectivity index (χ1v) is 6.80. The number of aliphatic hydroxyl groups excluding tert-OH is 2. The van der Waals surface area contributed by atoms with Crippen LogP contribution in [0.15, 0.2) is 5.38 Å². The van der Waals surface area contributed by atoms with Crippen LogP contribution in [0.25, 0.3) is 0 Å². The molecule has 9 nitrogen and oxygen atoms in total. The van der Waals surface area contributed by atoms with Crippen LogP contribution >= 0.6 is 11.3 Å². The van der Waals surface area contributed by atoms with Crippen LogP contribution < -0.4 is 5.32 Å². The predicted molar refractivity (Wildman–Crippen MR) is 71.5 cm³/mol. The standard InChI is InChI=1S/C11H15N3O6S/c15-5-12-3-9(18)14(6-16)2-1-8(17)10-13-7(4-21-10)11(19)20/h4-5,8,16-17H,1-3,6H2,(H,12,15)(H,19,20). The van der Waals surface area contributed by atoms with E-state index in [-0.39, 0.29) is 30.2 Å². The van der Waals surface area contributed by atoms with E-state index in [0.29, 0.717) is 6.41 Å². The van der Waals surface area contributed by atoms with Crippen molar-refractivity contribution in [2.45, 2.75) is 12.5 Å². The van der Waals surface area contributed by atoms with Crippen molar-refractivity contribution < 1.29 is 29.7 Å². The molecule has 0 fully saturated rings. The van der Waals surface area contributed by atoms with Gasteiger partial charge in [-0.2, -0.15) is 0 Å². The van der Waals surface area contributed by atoms with E-state index in [1.807, 2.05) is 0 Å². The van der Waals surface area contributed by atoms with Crippen molar-refractivity contribution in [2.75, 3.05) is 19.8 Å². The smallest absolute Gasteiger partial charge is 0.355 e. The lowest BCUT2D eigenvalue weighted by atomic mass is 10.2. The first-order chi connectivity index (χ1) is 9.99. The largest absolute Gasteiger partial charge is 0.476 e. The number of amides is 2. The zero-order chi connectivity index (χ0) is 15.8. The van der Waals surface area contributed by atoms with Crippen LogP contribution in [0.4, 0.5) is 0 Å². The number of aliphatic hydroxyl groups is 2. The van der Waals surface area contributed by atoms with Crippen molar-refractivity contribution in [2.24, 2.45) is 0 Å². The van der Waals surface area contributed by atoms with Gasteiger partial charge in [-0.3, -0.25) is 9.59 Å². The number of nitrogens with zero attached hydrogens (tertiary/aromatic N) is 2. The molecule has 2 amide bonds. The monoisotopic (exact) mass is 317 g/mol. The minimum atomic E-state index is -1.18. The highest BCUT2D eigenvalue weighted by Crippen LogP contribution is 2.21. The molecule has 1 heterocycles. The molecule has 10 heteroatoms. The molecule has 0 saturated carbocycles. The molecule has 1 aromatic heterocycles. The number of carboxylic acids is 1. The number of aromatic nitrogens is 1. The van der Waals surface area contributed by atoms with Gasteiger partial charge >= 0.3 is 5.97 Å². The second-order valence-corrected chi connectivity index (χ2v) is 4.87. The molecule has 0 aliphatic rings. The van der Waals surface area contributed by atoms with E-state index in [1.165, 1.54) is 5.38 Å². The van der Waals surface area contributed by atoms with Crippen molar-refractivity contribution in [3.8, 4) is 0 Å². The highest BCUT2D eigenvalue weighted by molar-refractivity contribution is 7.09. The van der Waals surface area contributed by atoms with Crippen molar-refractivity contribution in [3.63, 3.8) is 0 Å². The number of thiazole rings is 1. The molecule has 1 unspecified atom stereocenters. The molecule has 0 saturated heterocycles. The molecule has 0 aromatic carbocycles. The van der Waals surface area contributed by atoms with E-state index in [0.717, 1.165) is 16.2 Å². The summed E-state index contributed by atoms with van der Waals surface area (Å²) in [6.07, 6.45) is -0.588. The fourth-order valence-electron chi connectivity index (χ4n) is 1.46. The number of nitrogens with one attached hydrogen (secondary N) is 1. The Kier molecular flexibility index (Phi) is 6.72. The molecule has 1 atom stereocenters. The number of hydrogen-bond acceptors (Lipinski definition) is 7. The van der Waals surface area contributed by atoms with Crippen LogP contribution in [0.3, 0.4) is 0 Å². The molecular weight excluding hydrogens is 302 g/mol. The minimum Gasteiger partial charge on any atom is -0.476 e. The van der Waals surface area contributed by atoms with Gasteiger partial charge in [-0.05, 0) is 6.42 Å². The third kappa shape index (κ3) is 5.10. The van der Waals surface area contributed by atoms with Crippen LogP contribution in [0.5, 0.6) is 0 Å². The normalized spacial score (nSPS) is 11.7. The summed E-state index contributed by atoms with van der Waals surface area (Å²) < 4.78 is 0. The summed E-state index contributed by atoms with van der Waals surface area (Å²) in [4.78, 5) is 37.1. The molecule has 116 valence electrons. The molecule has 0 bridgehead atoms. The van der Waals surface area contributed by atoms with Gasteiger partial charge in [0.15, 0.2) is 5.69 Å². The fourth-order valence-corrected chi connectivity index (χ4v) is 2.27. The quantitative estimate of drug-likeness (QED) is 0.331. The highest BCUT2D eigenvalue weighted by atomic mass is 32.1. The number of carboxylic acid groups (broad SMARTS) is 1. The maximum absolute atomic E-state index is 11.5. The summed E-state index contributed by atoms with van der Waals surface area (Å²) in [5.41, 5.74) is -0.153. The maximum atomic E-state index is 11.5. The minimum absolute atomic E-state index is 0.0407. The average molecular weight is 317 g/mol. The summed E-state index contributed by atoms with van der Waals surface area (Å²) in [5.74, 6) is -1.68. The Morgan fingerprint density at radius 1 is 1.52 bits per heavy atom. The predicted octanol–water partition coefficient (Wildman–Crippen LogP) is -1.21. The Hall–Kier alpha value is -2.04. The molecule has 1 rings (SSSR count). The molecule has 4 N–H and O–H groups in total. The van der Waals surface area contributed by atoms with E-state index >= 15 is 0 Å². The molecule has 1 aromatic rings. The van der Waals surface area contributed by atoms with Gasteiger partial charge in [0, 0.05) is 11.9 Å². The number of carbonyl (C=O) groups excluding carboxylic acids is 2. The number of aromatic carboxylic acids is 1. The average Bonchev–Trinajstić information content (AvgIpc) is 2.95. The van der Waals surface area contributed by atoms with E-state index in [2.05, 4.69) is 10.3 Å². The first kappa shape index (κ1) is 17.0. The molecule has 0 aliphatic heterocycles. The second-order valence-electron chi connectivity index (χ2n) is 3.98. The van der Waals surface area contributed by atoms with Gasteiger partial charge < -0.3 is 25.5 Å². The van der Waals surface area contributed by atoms with Crippen LogP contribution in [0.2, 0.25) is 0 Å². The Morgan fingerprint density at radius 2 is 2.24 bits per heavy atom. The Morgan fingerprint density at radius 3 is 2.76 bits per heavy atom. The summed E-state index contributed by atoms with van der Waals surface area (Å²) in [6.45, 7) is -0.760. The third-order valence-corrected chi connectivity index (χ3v) is 3.50. The second kappa shape index (κ2) is 8.29. The topological polar surface area (TPSA) is 140 Å². The van der Waals surface area contributed by atoms with Crippen molar-refractivity contribution >= 4 is 29.6 Å². The van der Waals surface area contributed by atoms with Crippen molar-refractivity contribution in [1.82, 2.24) is 15.2 Å². The molecule has 0 radical (unpaired) electrons. The van der Waals surface area contributed by atoms with E-state index in [1.54, 1.807) is 0 Å². The van der Waals surface area contributed by atoms with E-state index in [9.17, 15) is 19.5 Å². The Labute approximate surface area is 123 Å². The molecule has 0 spiro atoms. The Balaban J connectivity index is 2.52. The third-order valence-electron chi connectivity index (χ3n) is 2.56. The first-order valence-electron chi connectivity index (χ1n) is 5.92. The lowest BCUT2D eigenvalue weighted by molar-refractivity contribution is -0.135. The summed E-state index contributed by atoms with van der Waals surface area (Å²) in [5, 5.41) is 31.4. The Bertz CT molecular complexity index is 506. The molecule has 0 aliphatic carbocycles. The number of carbonyl (C=O) groups is 3. The maximum Gasteiger partial charge on any atom is 0.355 e. The van der Waals surface area contributed by atoms with Gasteiger partial charge in [-0.25, -0.2) is 9.78 Å². The summed E-state index contributed by atoms with van der Waals surface area (Å²) in [7, 11) is 0. The van der Waals surface area contributed by atoms with Crippen LogP contribution in [0.1, 0.15) is 28.0 Å². The van der Waals surface area contributed by atoms with Gasteiger partial charge in [0.2, 0.25) is 12.3 Å². The SMILES string of the molecule is O=CNCC(=O)N(CO)CCC(O)c1nc(C(=O)O)cs1. The molecule has 21 heavy (non-hydrogen) atoms. The summed E-state index contributed by atoms with van der Waals surface area (Å²) >= 11 is 1.00. The lowest BCUT2D eigenvalue weighted by Gasteiger charge is -2.20. The van der Waals surface area contributed by atoms with Gasteiger partial charge in [0.05, 0.1) is 6.54 Å². The van der Waals surface area contributed by atoms with Gasteiger partial charge in [-0.15, -0.1) is 11.3 Å². The molecular formula is C11H15N3O6S. The summed E-state index contributed by atoms with van der Waals surface area (Å²) in [6, 6.07) is 0. The van der Waals surface area contributed by atoms with Crippen molar-refractivity contribution in [3.05, 3.63) is 16.1 Å². The lowest BCUT2D eigenvalue weighted by Crippen LogP contribution is -2.39. The van der Waals surface area contributed by atoms with Gasteiger partial charge in [0.1, 0.15) is 17.8 Å². The zero-order valence-electron chi connectivity index (χ0n) is 10.9. The van der Waals surface area contributed by atoms with E-state index in [4.69, 9.17) is 10.2 Å². The van der Waals surface area contributed by atoms with Crippen LogP contribution in [0, 0.1) is 0 Å². The van der Waals surface area contributed by atoms with Crippen LogP contribution in [-0.4, -0.2) is 63.3 Å². The number of hydrogen-bond donors (Lipinski definition) is 4.